The second-order valence-corrected chi connectivity index (χ2v) is 6.77. The Morgan fingerprint density at radius 3 is 2.85 bits per heavy atom. The van der Waals surface area contributed by atoms with Crippen molar-refractivity contribution in [3.8, 4) is 11.4 Å². The molecule has 3 heterocycles. The minimum atomic E-state index is -0.00787. The third kappa shape index (κ3) is 3.32. The van der Waals surface area contributed by atoms with Gasteiger partial charge in [-0.25, -0.2) is 4.68 Å². The maximum Gasteiger partial charge on any atom is 0.257 e. The summed E-state index contributed by atoms with van der Waals surface area (Å²) in [5.41, 5.74) is 2.32. The predicted molar refractivity (Wildman–Crippen MR) is 101 cm³/mol. The lowest BCUT2D eigenvalue weighted by Gasteiger charge is -2.34. The Hall–Kier alpha value is -3.09. The van der Waals surface area contributed by atoms with E-state index in [0.29, 0.717) is 11.3 Å². The van der Waals surface area contributed by atoms with Crippen LogP contribution < -0.4 is 4.74 Å². The van der Waals surface area contributed by atoms with E-state index in [1.54, 1.807) is 28.9 Å². The first-order valence-corrected chi connectivity index (χ1v) is 9.16. The first-order chi connectivity index (χ1) is 13.2. The number of aryl methyl sites for hydroxylation is 1. The van der Waals surface area contributed by atoms with Crippen molar-refractivity contribution in [2.24, 2.45) is 7.05 Å². The lowest BCUT2D eigenvalue weighted by molar-refractivity contribution is 0.0605. The average Bonchev–Trinajstić information content (AvgIpc) is 3.37. The zero-order valence-corrected chi connectivity index (χ0v) is 15.6. The number of rotatable bonds is 4. The molecule has 1 aromatic carbocycles. The second kappa shape index (κ2) is 7.26. The molecule has 1 aliphatic heterocycles. The van der Waals surface area contributed by atoms with E-state index < -0.39 is 0 Å². The van der Waals surface area contributed by atoms with Crippen molar-refractivity contribution < 1.29 is 9.53 Å². The number of aromatic nitrogens is 4. The molecule has 1 fully saturated rings. The second-order valence-electron chi connectivity index (χ2n) is 6.77. The molecule has 1 saturated heterocycles. The van der Waals surface area contributed by atoms with Crippen molar-refractivity contribution in [3.05, 3.63) is 60.2 Å². The molecule has 1 aliphatic rings. The maximum absolute atomic E-state index is 13.2. The van der Waals surface area contributed by atoms with Gasteiger partial charge in [0.2, 0.25) is 0 Å². The smallest absolute Gasteiger partial charge is 0.257 e. The Balaban J connectivity index is 1.61. The van der Waals surface area contributed by atoms with Crippen molar-refractivity contribution in [2.45, 2.75) is 25.3 Å². The highest BCUT2D eigenvalue weighted by atomic mass is 16.5. The van der Waals surface area contributed by atoms with Crippen LogP contribution in [0.15, 0.2) is 48.9 Å². The van der Waals surface area contributed by atoms with Gasteiger partial charge in [0.25, 0.3) is 5.91 Å². The molecular formula is C20H23N5O2. The van der Waals surface area contributed by atoms with Gasteiger partial charge in [0.1, 0.15) is 11.4 Å². The fraction of sp³-hybridized carbons (Fsp3) is 0.350. The van der Waals surface area contributed by atoms with Gasteiger partial charge in [-0.15, -0.1) is 0 Å². The number of amides is 1. The summed E-state index contributed by atoms with van der Waals surface area (Å²) in [6, 6.07) is 9.63. The number of likely N-dealkylation sites (tertiary alicyclic amines) is 1. The van der Waals surface area contributed by atoms with Crippen molar-refractivity contribution in [1.29, 1.82) is 0 Å². The molecule has 0 spiro atoms. The van der Waals surface area contributed by atoms with Crippen molar-refractivity contribution >= 4 is 5.91 Å². The highest BCUT2D eigenvalue weighted by Gasteiger charge is 2.30. The molecule has 0 aliphatic carbocycles. The Morgan fingerprint density at radius 1 is 1.22 bits per heavy atom. The number of hydrogen-bond acceptors (Lipinski definition) is 4. The summed E-state index contributed by atoms with van der Waals surface area (Å²) in [4.78, 5) is 15.1. The Bertz CT molecular complexity index is 945. The Morgan fingerprint density at radius 2 is 2.07 bits per heavy atom. The minimum absolute atomic E-state index is 0.00787. The monoisotopic (exact) mass is 365 g/mol. The van der Waals surface area contributed by atoms with Crippen LogP contribution in [0.2, 0.25) is 0 Å². The molecule has 0 unspecified atom stereocenters. The van der Waals surface area contributed by atoms with Gasteiger partial charge in [0.05, 0.1) is 30.6 Å². The van der Waals surface area contributed by atoms with Crippen molar-refractivity contribution in [1.82, 2.24) is 24.5 Å². The lowest BCUT2D eigenvalue weighted by Crippen LogP contribution is -2.38. The van der Waals surface area contributed by atoms with E-state index in [2.05, 4.69) is 10.2 Å². The quantitative estimate of drug-likeness (QED) is 0.713. The van der Waals surface area contributed by atoms with Gasteiger partial charge in [0.15, 0.2) is 0 Å². The summed E-state index contributed by atoms with van der Waals surface area (Å²) in [5.74, 6) is 0.704. The van der Waals surface area contributed by atoms with Gasteiger partial charge in [-0.3, -0.25) is 9.48 Å². The Kier molecular flexibility index (Phi) is 4.66. The van der Waals surface area contributed by atoms with Crippen LogP contribution in [0, 0.1) is 0 Å². The van der Waals surface area contributed by atoms with Crippen LogP contribution >= 0.6 is 0 Å². The van der Waals surface area contributed by atoms with Crippen LogP contribution in [0.4, 0.5) is 0 Å². The number of methoxy groups -OCH3 is 1. The summed E-state index contributed by atoms with van der Waals surface area (Å²) in [6.45, 7) is 0.736. The number of hydrogen-bond donors (Lipinski definition) is 0. The third-order valence-corrected chi connectivity index (χ3v) is 5.00. The molecule has 3 aromatic rings. The van der Waals surface area contributed by atoms with Crippen LogP contribution in [-0.2, 0) is 7.05 Å². The van der Waals surface area contributed by atoms with Gasteiger partial charge < -0.3 is 9.64 Å². The van der Waals surface area contributed by atoms with Gasteiger partial charge in [-0.1, -0.05) is 12.1 Å². The molecule has 27 heavy (non-hydrogen) atoms. The molecule has 7 heteroatoms. The highest BCUT2D eigenvalue weighted by molar-refractivity contribution is 5.94. The molecule has 7 nitrogen and oxygen atoms in total. The van der Waals surface area contributed by atoms with Gasteiger partial charge in [-0.2, -0.15) is 10.2 Å². The highest BCUT2D eigenvalue weighted by Crippen LogP contribution is 2.31. The van der Waals surface area contributed by atoms with E-state index in [4.69, 9.17) is 4.74 Å². The molecule has 2 aromatic heterocycles. The summed E-state index contributed by atoms with van der Waals surface area (Å²) < 4.78 is 8.87. The van der Waals surface area contributed by atoms with Crippen LogP contribution in [-0.4, -0.2) is 44.0 Å². The topological polar surface area (TPSA) is 65.2 Å². The zero-order valence-electron chi connectivity index (χ0n) is 15.6. The first-order valence-electron chi connectivity index (χ1n) is 9.16. The summed E-state index contributed by atoms with van der Waals surface area (Å²) >= 11 is 0. The van der Waals surface area contributed by atoms with Gasteiger partial charge in [0, 0.05) is 26.0 Å². The van der Waals surface area contributed by atoms with E-state index in [-0.39, 0.29) is 11.9 Å². The summed E-state index contributed by atoms with van der Waals surface area (Å²) in [6.07, 6.45) is 8.36. The van der Waals surface area contributed by atoms with E-state index in [1.807, 2.05) is 48.5 Å². The van der Waals surface area contributed by atoms with Crippen LogP contribution in [0.5, 0.6) is 5.75 Å². The number of ether oxygens (including phenoxy) is 1. The maximum atomic E-state index is 13.2. The molecule has 0 N–H and O–H groups in total. The first kappa shape index (κ1) is 17.3. The summed E-state index contributed by atoms with van der Waals surface area (Å²) in [5, 5.41) is 8.90. The number of carbonyl (C=O) groups is 1. The van der Waals surface area contributed by atoms with E-state index in [0.717, 1.165) is 37.2 Å². The molecule has 4 rings (SSSR count). The Labute approximate surface area is 158 Å². The van der Waals surface area contributed by atoms with Gasteiger partial charge >= 0.3 is 0 Å². The molecule has 140 valence electrons. The standard InChI is InChI=1S/C20H23N5O2/c1-23-12-10-16(22-23)17-7-5-6-11-24(17)20(26)15-13-21-25(14-15)18-8-3-4-9-19(18)27-2/h3-4,8-10,12-14,17H,5-7,11H2,1-2H3/t17-/m1/s1. The van der Waals surface area contributed by atoms with Crippen LogP contribution in [0.1, 0.15) is 41.4 Å². The predicted octanol–water partition coefficient (Wildman–Crippen LogP) is 2.98. The lowest BCUT2D eigenvalue weighted by atomic mass is 9.98. The molecule has 1 amide bonds. The number of benzene rings is 1. The molecular weight excluding hydrogens is 342 g/mol. The SMILES string of the molecule is COc1ccccc1-n1cc(C(=O)N2CCCC[C@@H]2c2ccn(C)n2)cn1. The number of piperidine rings is 1. The number of para-hydroxylation sites is 2. The van der Waals surface area contributed by atoms with Crippen molar-refractivity contribution in [2.75, 3.05) is 13.7 Å². The number of nitrogens with zero attached hydrogens (tertiary/aromatic N) is 5. The van der Waals surface area contributed by atoms with Crippen LogP contribution in [0.25, 0.3) is 5.69 Å². The largest absolute Gasteiger partial charge is 0.494 e. The van der Waals surface area contributed by atoms with E-state index in [1.165, 1.54) is 0 Å². The van der Waals surface area contributed by atoms with E-state index >= 15 is 0 Å². The molecule has 0 radical (unpaired) electrons. The fourth-order valence-electron chi connectivity index (χ4n) is 3.64. The van der Waals surface area contributed by atoms with Gasteiger partial charge in [-0.05, 0) is 37.5 Å². The van der Waals surface area contributed by atoms with E-state index in [9.17, 15) is 4.79 Å². The third-order valence-electron chi connectivity index (χ3n) is 5.00. The minimum Gasteiger partial charge on any atom is -0.494 e. The normalized spacial score (nSPS) is 17.1. The average molecular weight is 365 g/mol. The van der Waals surface area contributed by atoms with Crippen molar-refractivity contribution in [3.63, 3.8) is 0 Å². The zero-order chi connectivity index (χ0) is 18.8. The fourth-order valence-corrected chi connectivity index (χ4v) is 3.64. The molecule has 1 atom stereocenters. The summed E-state index contributed by atoms with van der Waals surface area (Å²) in [7, 11) is 3.52. The molecule has 0 saturated carbocycles. The van der Waals surface area contributed by atoms with Crippen LogP contribution in [0.3, 0.4) is 0 Å². The number of carbonyl (C=O) groups excluding carboxylic acids is 1. The molecule has 0 bridgehead atoms.